The molecule has 6 nitrogen and oxygen atoms in total. The molecule has 0 aliphatic carbocycles. The molecule has 0 spiro atoms. The van der Waals surface area contributed by atoms with Crippen LogP contribution in [0.3, 0.4) is 0 Å². The van der Waals surface area contributed by atoms with Gasteiger partial charge in [-0.1, -0.05) is 23.7 Å². The van der Waals surface area contributed by atoms with Crippen molar-refractivity contribution in [3.8, 4) is 17.2 Å². The normalized spacial score (nSPS) is 10.5. The minimum Gasteiger partial charge on any atom is -0.495 e. The summed E-state index contributed by atoms with van der Waals surface area (Å²) >= 11 is 6.07. The van der Waals surface area contributed by atoms with Gasteiger partial charge in [-0.2, -0.15) is 0 Å². The van der Waals surface area contributed by atoms with E-state index in [1.165, 1.54) is 31.4 Å². The molecule has 168 valence electrons. The first-order valence-electron chi connectivity index (χ1n) is 9.89. The molecule has 0 amide bonds. The summed E-state index contributed by atoms with van der Waals surface area (Å²) in [6.07, 6.45) is 0. The number of hydrogen-bond donors (Lipinski definition) is 2. The molecule has 0 atom stereocenters. The van der Waals surface area contributed by atoms with Crippen molar-refractivity contribution in [2.45, 2.75) is 20.1 Å². The zero-order valence-corrected chi connectivity index (χ0v) is 18.4. The van der Waals surface area contributed by atoms with E-state index in [9.17, 15) is 14.3 Å². The summed E-state index contributed by atoms with van der Waals surface area (Å²) < 4.78 is 30.1. The topological polar surface area (TPSA) is 77.0 Å². The lowest BCUT2D eigenvalue weighted by Gasteiger charge is -2.15. The summed E-state index contributed by atoms with van der Waals surface area (Å²) in [5.74, 6) is 0.196. The monoisotopic (exact) mass is 459 g/mol. The van der Waals surface area contributed by atoms with Crippen molar-refractivity contribution < 1.29 is 28.5 Å². The van der Waals surface area contributed by atoms with Crippen LogP contribution in [0.15, 0.2) is 54.6 Å². The van der Waals surface area contributed by atoms with E-state index in [1.807, 2.05) is 19.1 Å². The molecule has 3 aromatic rings. The van der Waals surface area contributed by atoms with E-state index in [-0.39, 0.29) is 12.2 Å². The standard InChI is InChI=1S/C24H23ClFNO5/c1-3-31-23-10-15(13-27-20-11-16(24(28)29)6-9-21(20)30-2)4-8-22(23)32-14-17-5-7-18(26)12-19(17)25/h4-12,27H,3,13-14H2,1-2H3,(H,28,29). The van der Waals surface area contributed by atoms with Crippen molar-refractivity contribution in [1.82, 2.24) is 0 Å². The van der Waals surface area contributed by atoms with Crippen LogP contribution in [0.5, 0.6) is 17.2 Å². The number of benzene rings is 3. The first-order valence-corrected chi connectivity index (χ1v) is 10.3. The SMILES string of the molecule is CCOc1cc(CNc2cc(C(=O)O)ccc2OC)ccc1OCc1ccc(F)cc1Cl. The second-order valence-corrected chi connectivity index (χ2v) is 7.22. The quantitative estimate of drug-likeness (QED) is 0.400. The maximum Gasteiger partial charge on any atom is 0.335 e. The molecule has 3 rings (SSSR count). The zero-order chi connectivity index (χ0) is 23.1. The highest BCUT2D eigenvalue weighted by molar-refractivity contribution is 6.31. The number of nitrogens with one attached hydrogen (secondary N) is 1. The van der Waals surface area contributed by atoms with E-state index in [2.05, 4.69) is 5.32 Å². The summed E-state index contributed by atoms with van der Waals surface area (Å²) in [7, 11) is 1.52. The molecular weight excluding hydrogens is 437 g/mol. The number of carbonyl (C=O) groups is 1. The maximum absolute atomic E-state index is 13.2. The Morgan fingerprint density at radius 2 is 1.81 bits per heavy atom. The summed E-state index contributed by atoms with van der Waals surface area (Å²) in [4.78, 5) is 11.3. The molecule has 0 fully saturated rings. The van der Waals surface area contributed by atoms with Gasteiger partial charge in [0.15, 0.2) is 11.5 Å². The second kappa shape index (κ2) is 10.7. The number of aromatic carboxylic acids is 1. The summed E-state index contributed by atoms with van der Waals surface area (Å²) in [5.41, 5.74) is 2.28. The lowest BCUT2D eigenvalue weighted by atomic mass is 10.1. The van der Waals surface area contributed by atoms with Crippen molar-refractivity contribution in [3.05, 3.63) is 82.1 Å². The van der Waals surface area contributed by atoms with Crippen LogP contribution in [-0.2, 0) is 13.2 Å². The Morgan fingerprint density at radius 1 is 1.03 bits per heavy atom. The molecule has 0 saturated heterocycles. The van der Waals surface area contributed by atoms with Crippen molar-refractivity contribution in [1.29, 1.82) is 0 Å². The van der Waals surface area contributed by atoms with E-state index < -0.39 is 11.8 Å². The number of carboxylic acid groups (broad SMARTS) is 1. The first-order chi connectivity index (χ1) is 15.4. The van der Waals surface area contributed by atoms with Crippen LogP contribution in [0.25, 0.3) is 0 Å². The zero-order valence-electron chi connectivity index (χ0n) is 17.7. The van der Waals surface area contributed by atoms with E-state index in [1.54, 1.807) is 18.2 Å². The largest absolute Gasteiger partial charge is 0.495 e. The highest BCUT2D eigenvalue weighted by Crippen LogP contribution is 2.31. The lowest BCUT2D eigenvalue weighted by molar-refractivity contribution is 0.0697. The number of ether oxygens (including phenoxy) is 3. The number of halogens is 2. The molecule has 0 aliphatic rings. The lowest BCUT2D eigenvalue weighted by Crippen LogP contribution is -2.05. The third-order valence-electron chi connectivity index (χ3n) is 4.64. The highest BCUT2D eigenvalue weighted by Gasteiger charge is 2.11. The Balaban J connectivity index is 1.74. The average Bonchev–Trinajstić information content (AvgIpc) is 2.78. The van der Waals surface area contributed by atoms with Gasteiger partial charge in [-0.05, 0) is 55.0 Å². The first kappa shape index (κ1) is 23.2. The molecule has 2 N–H and O–H groups in total. The highest BCUT2D eigenvalue weighted by atomic mass is 35.5. The molecule has 0 radical (unpaired) electrons. The number of carboxylic acids is 1. The van der Waals surface area contributed by atoms with E-state index in [0.29, 0.717) is 46.7 Å². The van der Waals surface area contributed by atoms with Crippen LogP contribution in [0.4, 0.5) is 10.1 Å². The number of rotatable bonds is 10. The third kappa shape index (κ3) is 5.82. The molecule has 0 bridgehead atoms. The van der Waals surface area contributed by atoms with Crippen molar-refractivity contribution >= 4 is 23.3 Å². The third-order valence-corrected chi connectivity index (χ3v) is 4.99. The van der Waals surface area contributed by atoms with Crippen LogP contribution in [0, 0.1) is 5.82 Å². The van der Waals surface area contributed by atoms with Crippen LogP contribution in [0.1, 0.15) is 28.4 Å². The molecule has 8 heteroatoms. The van der Waals surface area contributed by atoms with Crippen LogP contribution >= 0.6 is 11.6 Å². The average molecular weight is 460 g/mol. The smallest absolute Gasteiger partial charge is 0.335 e. The van der Waals surface area contributed by atoms with Gasteiger partial charge in [0.1, 0.15) is 18.2 Å². The van der Waals surface area contributed by atoms with E-state index in [0.717, 1.165) is 5.56 Å². The fraction of sp³-hybridized carbons (Fsp3) is 0.208. The van der Waals surface area contributed by atoms with Crippen LogP contribution in [-0.4, -0.2) is 24.8 Å². The summed E-state index contributed by atoms with van der Waals surface area (Å²) in [6.45, 7) is 2.88. The number of anilines is 1. The number of methoxy groups -OCH3 is 1. The van der Waals surface area contributed by atoms with Gasteiger partial charge in [0.2, 0.25) is 0 Å². The Bertz CT molecular complexity index is 1110. The molecule has 0 unspecified atom stereocenters. The Morgan fingerprint density at radius 3 is 2.50 bits per heavy atom. The van der Waals surface area contributed by atoms with Crippen LogP contribution in [0.2, 0.25) is 5.02 Å². The van der Waals surface area contributed by atoms with Gasteiger partial charge in [0, 0.05) is 12.1 Å². The maximum atomic E-state index is 13.2. The molecule has 32 heavy (non-hydrogen) atoms. The van der Waals surface area contributed by atoms with Gasteiger partial charge in [0.25, 0.3) is 0 Å². The predicted molar refractivity (Wildman–Crippen MR) is 121 cm³/mol. The predicted octanol–water partition coefficient (Wildman–Crippen LogP) is 5.78. The molecule has 0 saturated carbocycles. The summed E-state index contributed by atoms with van der Waals surface area (Å²) in [6, 6.07) is 14.3. The van der Waals surface area contributed by atoms with Crippen molar-refractivity contribution in [3.63, 3.8) is 0 Å². The fourth-order valence-electron chi connectivity index (χ4n) is 3.02. The van der Waals surface area contributed by atoms with Crippen LogP contribution < -0.4 is 19.5 Å². The minimum absolute atomic E-state index is 0.159. The van der Waals surface area contributed by atoms with E-state index >= 15 is 0 Å². The van der Waals surface area contributed by atoms with Gasteiger partial charge in [-0.15, -0.1) is 0 Å². The molecular formula is C24H23ClFNO5. The summed E-state index contributed by atoms with van der Waals surface area (Å²) in [5, 5.41) is 12.7. The van der Waals surface area contributed by atoms with Crippen molar-refractivity contribution in [2.24, 2.45) is 0 Å². The van der Waals surface area contributed by atoms with Gasteiger partial charge in [-0.25, -0.2) is 9.18 Å². The fourth-order valence-corrected chi connectivity index (χ4v) is 3.24. The molecule has 0 aromatic heterocycles. The minimum atomic E-state index is -1.02. The molecule has 0 aliphatic heterocycles. The molecule has 0 heterocycles. The van der Waals surface area contributed by atoms with Gasteiger partial charge < -0.3 is 24.6 Å². The van der Waals surface area contributed by atoms with E-state index in [4.69, 9.17) is 25.8 Å². The van der Waals surface area contributed by atoms with Gasteiger partial charge in [-0.3, -0.25) is 0 Å². The Hall–Kier alpha value is -3.45. The van der Waals surface area contributed by atoms with Crippen molar-refractivity contribution in [2.75, 3.05) is 19.0 Å². The van der Waals surface area contributed by atoms with Gasteiger partial charge in [0.05, 0.1) is 30.0 Å². The van der Waals surface area contributed by atoms with Gasteiger partial charge >= 0.3 is 5.97 Å². The molecule has 3 aromatic carbocycles. The Kier molecular flexibility index (Phi) is 7.78. The second-order valence-electron chi connectivity index (χ2n) is 6.81. The number of hydrogen-bond acceptors (Lipinski definition) is 5. The Labute approximate surface area is 190 Å².